The van der Waals surface area contributed by atoms with Gasteiger partial charge in [-0.1, -0.05) is 43.7 Å². The van der Waals surface area contributed by atoms with Gasteiger partial charge >= 0.3 is 0 Å². The number of nitrogens with zero attached hydrogens (tertiary/aromatic N) is 1. The molecular formula is C15H18N2O2. The minimum Gasteiger partial charge on any atom is -0.493 e. The Morgan fingerprint density at radius 1 is 1.26 bits per heavy atom. The molecule has 2 N–H and O–H groups in total. The summed E-state index contributed by atoms with van der Waals surface area (Å²) in [4.78, 5) is 18.9. The number of aromatic nitrogens is 2. The first-order valence-corrected chi connectivity index (χ1v) is 6.36. The second kappa shape index (κ2) is 5.26. The molecule has 0 radical (unpaired) electrons. The largest absolute Gasteiger partial charge is 0.493 e. The van der Waals surface area contributed by atoms with Crippen LogP contribution in [0.5, 0.6) is 5.88 Å². The third kappa shape index (κ3) is 3.02. The molecule has 0 aliphatic rings. The van der Waals surface area contributed by atoms with Crippen LogP contribution in [0.2, 0.25) is 0 Å². The summed E-state index contributed by atoms with van der Waals surface area (Å²) in [5, 5.41) is 9.98. The number of aryl methyl sites for hydroxylation is 1. The average molecular weight is 258 g/mol. The van der Waals surface area contributed by atoms with Crippen molar-refractivity contribution in [3.8, 4) is 17.0 Å². The summed E-state index contributed by atoms with van der Waals surface area (Å²) in [5.41, 5.74) is 1.71. The topological polar surface area (TPSA) is 66.0 Å². The minimum absolute atomic E-state index is 0.205. The number of hydrogen-bond donors (Lipinski definition) is 2. The lowest BCUT2D eigenvalue weighted by Gasteiger charge is -2.08. The Morgan fingerprint density at radius 2 is 1.89 bits per heavy atom. The van der Waals surface area contributed by atoms with E-state index in [1.807, 2.05) is 45.0 Å². The van der Waals surface area contributed by atoms with E-state index in [0.717, 1.165) is 5.56 Å². The van der Waals surface area contributed by atoms with E-state index in [9.17, 15) is 9.90 Å². The molecule has 0 fully saturated rings. The van der Waals surface area contributed by atoms with Crippen LogP contribution in [0.3, 0.4) is 0 Å². The normalized spacial score (nSPS) is 10.9. The molecule has 4 heteroatoms. The van der Waals surface area contributed by atoms with Crippen molar-refractivity contribution in [1.82, 2.24) is 9.97 Å². The van der Waals surface area contributed by atoms with Crippen LogP contribution in [-0.2, 0) is 6.42 Å². The van der Waals surface area contributed by atoms with Gasteiger partial charge in [0, 0.05) is 6.42 Å². The van der Waals surface area contributed by atoms with Gasteiger partial charge in [-0.2, -0.15) is 4.98 Å². The van der Waals surface area contributed by atoms with Crippen LogP contribution >= 0.6 is 0 Å². The van der Waals surface area contributed by atoms with E-state index in [-0.39, 0.29) is 17.0 Å². The molecular weight excluding hydrogens is 240 g/mol. The van der Waals surface area contributed by atoms with Gasteiger partial charge in [-0.05, 0) is 18.4 Å². The summed E-state index contributed by atoms with van der Waals surface area (Å²) < 4.78 is 0. The molecule has 0 aliphatic heterocycles. The van der Waals surface area contributed by atoms with Gasteiger partial charge in [0.1, 0.15) is 11.4 Å². The van der Waals surface area contributed by atoms with Crippen LogP contribution in [0.1, 0.15) is 25.2 Å². The lowest BCUT2D eigenvalue weighted by Crippen LogP contribution is -2.15. The molecule has 4 nitrogen and oxygen atoms in total. The highest BCUT2D eigenvalue weighted by Gasteiger charge is 2.13. The fraction of sp³-hybridized carbons (Fsp3) is 0.333. The standard InChI is InChI=1S/C15H18N2O2/c1-9(2)8-12-16-14(18)13(15(19)17-12)11-6-4-10(3)5-7-11/h4-7,9H,8H2,1-3H3,(H2,16,17,18,19). The van der Waals surface area contributed by atoms with Crippen LogP contribution in [0, 0.1) is 12.8 Å². The molecule has 1 aromatic carbocycles. The summed E-state index contributed by atoms with van der Waals surface area (Å²) in [5.74, 6) is 0.685. The SMILES string of the molecule is Cc1ccc(-c2c(O)nc(CC(C)C)[nH]c2=O)cc1. The quantitative estimate of drug-likeness (QED) is 0.889. The summed E-state index contributed by atoms with van der Waals surface area (Å²) in [6.07, 6.45) is 0.636. The number of aromatic hydroxyl groups is 1. The van der Waals surface area contributed by atoms with Crippen molar-refractivity contribution >= 4 is 0 Å². The maximum atomic E-state index is 12.1. The zero-order chi connectivity index (χ0) is 14.0. The average Bonchev–Trinajstić information content (AvgIpc) is 2.29. The van der Waals surface area contributed by atoms with E-state index in [0.29, 0.717) is 23.7 Å². The molecule has 2 aromatic rings. The van der Waals surface area contributed by atoms with Crippen LogP contribution in [0.4, 0.5) is 0 Å². The number of H-pyrrole nitrogens is 1. The molecule has 0 atom stereocenters. The zero-order valence-corrected chi connectivity index (χ0v) is 11.4. The molecule has 0 spiro atoms. The summed E-state index contributed by atoms with van der Waals surface area (Å²) in [7, 11) is 0. The third-order valence-corrected chi connectivity index (χ3v) is 2.89. The smallest absolute Gasteiger partial charge is 0.262 e. The first-order valence-electron chi connectivity index (χ1n) is 6.36. The molecule has 0 saturated carbocycles. The Hall–Kier alpha value is -2.10. The highest BCUT2D eigenvalue weighted by atomic mass is 16.3. The zero-order valence-electron chi connectivity index (χ0n) is 11.4. The first-order chi connectivity index (χ1) is 8.97. The molecule has 0 aliphatic carbocycles. The van der Waals surface area contributed by atoms with Gasteiger partial charge in [-0.25, -0.2) is 0 Å². The van der Waals surface area contributed by atoms with Crippen molar-refractivity contribution in [1.29, 1.82) is 0 Å². The Labute approximate surface area is 112 Å². The Balaban J connectivity index is 2.48. The van der Waals surface area contributed by atoms with Crippen molar-refractivity contribution in [2.45, 2.75) is 27.2 Å². The van der Waals surface area contributed by atoms with Crippen LogP contribution in [-0.4, -0.2) is 15.1 Å². The van der Waals surface area contributed by atoms with Gasteiger partial charge in [-0.3, -0.25) is 4.79 Å². The van der Waals surface area contributed by atoms with Gasteiger partial charge in [0.05, 0.1) is 0 Å². The van der Waals surface area contributed by atoms with Gasteiger partial charge in [0.2, 0.25) is 5.88 Å². The first kappa shape index (κ1) is 13.3. The van der Waals surface area contributed by atoms with E-state index < -0.39 is 0 Å². The molecule has 1 aromatic heterocycles. The maximum absolute atomic E-state index is 12.1. The third-order valence-electron chi connectivity index (χ3n) is 2.89. The Kier molecular flexibility index (Phi) is 3.69. The van der Waals surface area contributed by atoms with E-state index in [4.69, 9.17) is 0 Å². The second-order valence-electron chi connectivity index (χ2n) is 5.18. The van der Waals surface area contributed by atoms with Gasteiger partial charge in [-0.15, -0.1) is 0 Å². The van der Waals surface area contributed by atoms with Gasteiger partial charge < -0.3 is 10.1 Å². The summed E-state index contributed by atoms with van der Waals surface area (Å²) in [6.45, 7) is 6.04. The number of rotatable bonds is 3. The predicted molar refractivity (Wildman–Crippen MR) is 75.2 cm³/mol. The van der Waals surface area contributed by atoms with Crippen molar-refractivity contribution in [3.63, 3.8) is 0 Å². The molecule has 0 amide bonds. The Morgan fingerprint density at radius 3 is 2.42 bits per heavy atom. The lowest BCUT2D eigenvalue weighted by molar-refractivity contribution is 0.447. The fourth-order valence-corrected chi connectivity index (χ4v) is 1.97. The van der Waals surface area contributed by atoms with Crippen molar-refractivity contribution in [2.75, 3.05) is 0 Å². The predicted octanol–water partition coefficient (Wildman–Crippen LogP) is 2.65. The minimum atomic E-state index is -0.299. The van der Waals surface area contributed by atoms with Gasteiger partial charge in [0.25, 0.3) is 5.56 Å². The number of aromatic amines is 1. The van der Waals surface area contributed by atoms with Crippen LogP contribution in [0.25, 0.3) is 11.1 Å². The van der Waals surface area contributed by atoms with Crippen molar-refractivity contribution in [2.24, 2.45) is 5.92 Å². The molecule has 19 heavy (non-hydrogen) atoms. The van der Waals surface area contributed by atoms with E-state index >= 15 is 0 Å². The lowest BCUT2D eigenvalue weighted by atomic mass is 10.1. The maximum Gasteiger partial charge on any atom is 0.262 e. The molecule has 1 heterocycles. The number of hydrogen-bond acceptors (Lipinski definition) is 3. The molecule has 0 saturated heterocycles. The highest BCUT2D eigenvalue weighted by Crippen LogP contribution is 2.23. The molecule has 100 valence electrons. The fourth-order valence-electron chi connectivity index (χ4n) is 1.97. The number of benzene rings is 1. The van der Waals surface area contributed by atoms with E-state index in [1.165, 1.54) is 0 Å². The van der Waals surface area contributed by atoms with Crippen molar-refractivity contribution in [3.05, 3.63) is 46.0 Å². The van der Waals surface area contributed by atoms with Crippen LogP contribution < -0.4 is 5.56 Å². The van der Waals surface area contributed by atoms with Gasteiger partial charge in [0.15, 0.2) is 0 Å². The monoisotopic (exact) mass is 258 g/mol. The second-order valence-corrected chi connectivity index (χ2v) is 5.18. The molecule has 0 unspecified atom stereocenters. The molecule has 2 rings (SSSR count). The van der Waals surface area contributed by atoms with Crippen LogP contribution in [0.15, 0.2) is 29.1 Å². The summed E-state index contributed by atoms with van der Waals surface area (Å²) >= 11 is 0. The van der Waals surface area contributed by atoms with E-state index in [2.05, 4.69) is 9.97 Å². The van der Waals surface area contributed by atoms with Crippen molar-refractivity contribution < 1.29 is 5.11 Å². The molecule has 0 bridgehead atoms. The highest BCUT2D eigenvalue weighted by molar-refractivity contribution is 5.67. The van der Waals surface area contributed by atoms with E-state index in [1.54, 1.807) is 0 Å². The summed E-state index contributed by atoms with van der Waals surface area (Å²) in [6, 6.07) is 7.42. The Bertz CT molecular complexity index is 628. The number of nitrogens with one attached hydrogen (secondary N) is 1.